The third kappa shape index (κ3) is 1.05. The lowest BCUT2D eigenvalue weighted by Gasteiger charge is -2.32. The molecule has 9 heavy (non-hydrogen) atoms. The van der Waals surface area contributed by atoms with Gasteiger partial charge in [-0.1, -0.05) is 0 Å². The molecule has 0 aromatic rings. The Balaban J connectivity index is 2.35. The maximum absolute atomic E-state index is 10.7. The quantitative estimate of drug-likeness (QED) is 0.497. The third-order valence-electron chi connectivity index (χ3n) is 1.77. The van der Waals surface area contributed by atoms with E-state index in [2.05, 4.69) is 10.1 Å². The Labute approximate surface area is 54.4 Å². The van der Waals surface area contributed by atoms with Gasteiger partial charge in [0, 0.05) is 12.6 Å². The highest BCUT2D eigenvalue weighted by atomic mass is 16.5. The van der Waals surface area contributed by atoms with Crippen LogP contribution in [0.2, 0.25) is 0 Å². The average molecular weight is 129 g/mol. The molecule has 1 heterocycles. The number of rotatable bonds is 1. The standard InChI is InChI=1S/C6H11NO2/c1-4-5(3-7-4)6(8)9-2/h4-5,7H,3H2,1-2H3/t4-,5-/m0/s1. The van der Waals surface area contributed by atoms with Crippen LogP contribution in [0.15, 0.2) is 0 Å². The minimum Gasteiger partial charge on any atom is -0.469 e. The van der Waals surface area contributed by atoms with E-state index in [1.165, 1.54) is 7.11 Å². The van der Waals surface area contributed by atoms with Gasteiger partial charge in [-0.25, -0.2) is 0 Å². The molecule has 0 aliphatic carbocycles. The summed E-state index contributed by atoms with van der Waals surface area (Å²) in [7, 11) is 1.42. The molecule has 0 aromatic carbocycles. The van der Waals surface area contributed by atoms with Gasteiger partial charge in [-0.3, -0.25) is 4.79 Å². The number of methoxy groups -OCH3 is 1. The fraction of sp³-hybridized carbons (Fsp3) is 0.833. The summed E-state index contributed by atoms with van der Waals surface area (Å²) in [4.78, 5) is 10.7. The molecule has 0 aromatic heterocycles. The number of esters is 1. The number of carbonyl (C=O) groups excluding carboxylic acids is 1. The largest absolute Gasteiger partial charge is 0.469 e. The van der Waals surface area contributed by atoms with Crippen molar-refractivity contribution in [3.63, 3.8) is 0 Å². The number of hydrogen-bond acceptors (Lipinski definition) is 3. The van der Waals surface area contributed by atoms with Crippen molar-refractivity contribution in [2.75, 3.05) is 13.7 Å². The number of hydrogen-bond donors (Lipinski definition) is 1. The molecule has 1 aliphatic rings. The van der Waals surface area contributed by atoms with Crippen LogP contribution in [0, 0.1) is 5.92 Å². The summed E-state index contributed by atoms with van der Waals surface area (Å²) in [5.74, 6) is -0.00347. The van der Waals surface area contributed by atoms with Gasteiger partial charge in [-0.15, -0.1) is 0 Å². The number of ether oxygens (including phenoxy) is 1. The van der Waals surface area contributed by atoms with E-state index in [0.29, 0.717) is 6.04 Å². The van der Waals surface area contributed by atoms with Gasteiger partial charge in [0.2, 0.25) is 0 Å². The highest BCUT2D eigenvalue weighted by molar-refractivity contribution is 5.74. The van der Waals surface area contributed by atoms with Gasteiger partial charge in [0.1, 0.15) is 0 Å². The highest BCUT2D eigenvalue weighted by Gasteiger charge is 2.33. The van der Waals surface area contributed by atoms with Crippen LogP contribution in [0.1, 0.15) is 6.92 Å². The fourth-order valence-electron chi connectivity index (χ4n) is 0.910. The van der Waals surface area contributed by atoms with Gasteiger partial charge in [0.15, 0.2) is 0 Å². The Bertz CT molecular complexity index is 124. The van der Waals surface area contributed by atoms with Gasteiger partial charge in [-0.2, -0.15) is 0 Å². The average Bonchev–Trinajstić information content (AvgIpc) is 1.84. The predicted molar refractivity (Wildman–Crippen MR) is 33.0 cm³/mol. The van der Waals surface area contributed by atoms with Crippen molar-refractivity contribution in [3.05, 3.63) is 0 Å². The maximum atomic E-state index is 10.7. The first-order valence-corrected chi connectivity index (χ1v) is 3.07. The van der Waals surface area contributed by atoms with E-state index in [1.807, 2.05) is 6.92 Å². The Hall–Kier alpha value is -0.570. The molecule has 0 unspecified atom stereocenters. The molecule has 1 N–H and O–H groups in total. The molecular weight excluding hydrogens is 118 g/mol. The molecule has 1 saturated heterocycles. The van der Waals surface area contributed by atoms with E-state index in [0.717, 1.165) is 6.54 Å². The van der Waals surface area contributed by atoms with Crippen LogP contribution in [0.4, 0.5) is 0 Å². The van der Waals surface area contributed by atoms with Crippen molar-refractivity contribution in [1.29, 1.82) is 0 Å². The molecule has 3 nitrogen and oxygen atoms in total. The van der Waals surface area contributed by atoms with Crippen LogP contribution in [0.5, 0.6) is 0 Å². The molecule has 0 bridgehead atoms. The second-order valence-corrected chi connectivity index (χ2v) is 2.33. The van der Waals surface area contributed by atoms with Gasteiger partial charge in [0.05, 0.1) is 13.0 Å². The minimum absolute atomic E-state index is 0.0926. The van der Waals surface area contributed by atoms with Crippen molar-refractivity contribution in [2.24, 2.45) is 5.92 Å². The number of carbonyl (C=O) groups is 1. The predicted octanol–water partition coefficient (Wildman–Crippen LogP) is -0.233. The molecule has 0 radical (unpaired) electrons. The van der Waals surface area contributed by atoms with E-state index < -0.39 is 0 Å². The van der Waals surface area contributed by atoms with E-state index >= 15 is 0 Å². The lowest BCUT2D eigenvalue weighted by molar-refractivity contribution is -0.148. The van der Waals surface area contributed by atoms with Crippen molar-refractivity contribution in [1.82, 2.24) is 5.32 Å². The topological polar surface area (TPSA) is 38.3 Å². The minimum atomic E-state index is -0.0961. The molecule has 0 saturated carbocycles. The van der Waals surface area contributed by atoms with E-state index in [4.69, 9.17) is 0 Å². The lowest BCUT2D eigenvalue weighted by atomic mass is 9.94. The first-order valence-electron chi connectivity index (χ1n) is 3.07. The normalized spacial score (nSPS) is 33.1. The van der Waals surface area contributed by atoms with Crippen molar-refractivity contribution in [3.8, 4) is 0 Å². The zero-order valence-electron chi connectivity index (χ0n) is 5.68. The Kier molecular flexibility index (Phi) is 1.71. The molecule has 2 atom stereocenters. The Morgan fingerprint density at radius 1 is 1.78 bits per heavy atom. The first kappa shape index (κ1) is 6.55. The summed E-state index contributed by atoms with van der Waals surface area (Å²) in [5.41, 5.74) is 0. The van der Waals surface area contributed by atoms with E-state index in [9.17, 15) is 4.79 Å². The lowest BCUT2D eigenvalue weighted by Crippen LogP contribution is -2.54. The SMILES string of the molecule is COC(=O)[C@H]1CN[C@H]1C. The maximum Gasteiger partial charge on any atom is 0.311 e. The summed E-state index contributed by atoms with van der Waals surface area (Å²) in [5, 5.41) is 3.07. The second kappa shape index (κ2) is 2.35. The summed E-state index contributed by atoms with van der Waals surface area (Å²) >= 11 is 0. The second-order valence-electron chi connectivity index (χ2n) is 2.33. The molecular formula is C6H11NO2. The summed E-state index contributed by atoms with van der Waals surface area (Å²) in [6, 6.07) is 0.303. The van der Waals surface area contributed by atoms with Crippen LogP contribution in [-0.4, -0.2) is 25.7 Å². The smallest absolute Gasteiger partial charge is 0.311 e. The Morgan fingerprint density at radius 2 is 2.44 bits per heavy atom. The third-order valence-corrected chi connectivity index (χ3v) is 1.77. The fourth-order valence-corrected chi connectivity index (χ4v) is 0.910. The van der Waals surface area contributed by atoms with Gasteiger partial charge >= 0.3 is 5.97 Å². The zero-order valence-corrected chi connectivity index (χ0v) is 5.68. The summed E-state index contributed by atoms with van der Waals surface area (Å²) < 4.78 is 4.55. The van der Waals surface area contributed by atoms with Crippen molar-refractivity contribution >= 4 is 5.97 Å². The van der Waals surface area contributed by atoms with Gasteiger partial charge < -0.3 is 10.1 Å². The van der Waals surface area contributed by atoms with Crippen LogP contribution in [0.3, 0.4) is 0 Å². The molecule has 1 rings (SSSR count). The zero-order chi connectivity index (χ0) is 6.85. The molecule has 3 heteroatoms. The first-order chi connectivity index (χ1) is 4.25. The van der Waals surface area contributed by atoms with Crippen molar-refractivity contribution in [2.45, 2.75) is 13.0 Å². The number of nitrogens with one attached hydrogen (secondary N) is 1. The van der Waals surface area contributed by atoms with Gasteiger partial charge in [0.25, 0.3) is 0 Å². The Morgan fingerprint density at radius 3 is 2.56 bits per heavy atom. The molecule has 0 amide bonds. The molecule has 1 fully saturated rings. The monoisotopic (exact) mass is 129 g/mol. The van der Waals surface area contributed by atoms with Crippen LogP contribution in [-0.2, 0) is 9.53 Å². The van der Waals surface area contributed by atoms with Crippen LogP contribution in [0.25, 0.3) is 0 Å². The van der Waals surface area contributed by atoms with E-state index in [-0.39, 0.29) is 11.9 Å². The molecule has 52 valence electrons. The molecule has 0 spiro atoms. The van der Waals surface area contributed by atoms with Crippen LogP contribution < -0.4 is 5.32 Å². The summed E-state index contributed by atoms with van der Waals surface area (Å²) in [6.45, 7) is 2.75. The van der Waals surface area contributed by atoms with Crippen molar-refractivity contribution < 1.29 is 9.53 Å². The van der Waals surface area contributed by atoms with Gasteiger partial charge in [-0.05, 0) is 6.92 Å². The molecule has 1 aliphatic heterocycles. The highest BCUT2D eigenvalue weighted by Crippen LogP contribution is 2.12. The van der Waals surface area contributed by atoms with Crippen LogP contribution >= 0.6 is 0 Å². The van der Waals surface area contributed by atoms with E-state index in [1.54, 1.807) is 0 Å². The summed E-state index contributed by atoms with van der Waals surface area (Å²) in [6.07, 6.45) is 0.